The van der Waals surface area contributed by atoms with Gasteiger partial charge in [0.15, 0.2) is 0 Å². The molecule has 0 heterocycles. The summed E-state index contributed by atoms with van der Waals surface area (Å²) in [5, 5.41) is 5.59. The van der Waals surface area contributed by atoms with Crippen molar-refractivity contribution < 1.29 is 9.59 Å². The van der Waals surface area contributed by atoms with Gasteiger partial charge in [0.1, 0.15) is 0 Å². The lowest BCUT2D eigenvalue weighted by Gasteiger charge is -2.12. The predicted molar refractivity (Wildman–Crippen MR) is 65.0 cm³/mol. The summed E-state index contributed by atoms with van der Waals surface area (Å²) >= 11 is 0. The molecule has 0 aromatic rings. The van der Waals surface area contributed by atoms with Gasteiger partial charge in [-0.2, -0.15) is 0 Å². The zero-order valence-electron chi connectivity index (χ0n) is 10.6. The van der Waals surface area contributed by atoms with Gasteiger partial charge in [-0.05, 0) is 19.3 Å². The zero-order chi connectivity index (χ0) is 12.4. The number of carbonyl (C=O) groups excluding carboxylic acids is 2. The molecule has 0 aliphatic heterocycles. The molecule has 4 heteroatoms. The first-order valence-electron chi connectivity index (χ1n) is 6.20. The van der Waals surface area contributed by atoms with Crippen molar-refractivity contribution in [3.05, 3.63) is 0 Å². The molecule has 0 saturated carbocycles. The maximum absolute atomic E-state index is 11.6. The van der Waals surface area contributed by atoms with Gasteiger partial charge in [-0.25, -0.2) is 0 Å². The standard InChI is InChI=1S/C12H24N2O2/c1-4-7-11(15)13-8-9-14-12(16)10(5-2)6-3/h10H,4-9H2,1-3H3,(H,13,15)(H,14,16). The summed E-state index contributed by atoms with van der Waals surface area (Å²) in [7, 11) is 0. The third-order valence-electron chi connectivity index (χ3n) is 2.58. The molecule has 0 aromatic heterocycles. The van der Waals surface area contributed by atoms with Crippen LogP contribution < -0.4 is 10.6 Å². The average molecular weight is 228 g/mol. The second-order valence-electron chi connectivity index (χ2n) is 3.90. The Kier molecular flexibility index (Phi) is 8.58. The summed E-state index contributed by atoms with van der Waals surface area (Å²) in [5.74, 6) is 0.250. The Morgan fingerprint density at radius 2 is 1.56 bits per heavy atom. The number of amides is 2. The highest BCUT2D eigenvalue weighted by atomic mass is 16.2. The first-order chi connectivity index (χ1) is 7.65. The van der Waals surface area contributed by atoms with Crippen molar-refractivity contribution in [2.75, 3.05) is 13.1 Å². The van der Waals surface area contributed by atoms with Crippen LogP contribution in [0.25, 0.3) is 0 Å². The van der Waals surface area contributed by atoms with Crippen LogP contribution in [0.2, 0.25) is 0 Å². The molecular weight excluding hydrogens is 204 g/mol. The van der Waals surface area contributed by atoms with Crippen LogP contribution in [-0.4, -0.2) is 24.9 Å². The van der Waals surface area contributed by atoms with Crippen molar-refractivity contribution in [2.24, 2.45) is 5.92 Å². The molecule has 0 rings (SSSR count). The molecular formula is C12H24N2O2. The Balaban J connectivity index is 3.58. The quantitative estimate of drug-likeness (QED) is 0.618. The monoisotopic (exact) mass is 228 g/mol. The number of nitrogens with one attached hydrogen (secondary N) is 2. The van der Waals surface area contributed by atoms with Crippen LogP contribution in [0, 0.1) is 5.92 Å². The van der Waals surface area contributed by atoms with Crippen molar-refractivity contribution >= 4 is 11.8 Å². The van der Waals surface area contributed by atoms with E-state index in [1.165, 1.54) is 0 Å². The minimum atomic E-state index is 0.0549. The third kappa shape index (κ3) is 6.43. The smallest absolute Gasteiger partial charge is 0.223 e. The van der Waals surface area contributed by atoms with E-state index in [2.05, 4.69) is 10.6 Å². The molecule has 0 aliphatic rings. The van der Waals surface area contributed by atoms with Crippen molar-refractivity contribution in [1.29, 1.82) is 0 Å². The van der Waals surface area contributed by atoms with Gasteiger partial charge in [-0.1, -0.05) is 20.8 Å². The molecule has 2 amide bonds. The van der Waals surface area contributed by atoms with E-state index < -0.39 is 0 Å². The molecule has 0 aliphatic carbocycles. The molecule has 0 bridgehead atoms. The minimum absolute atomic E-state index is 0.0549. The van der Waals surface area contributed by atoms with Gasteiger partial charge in [-0.3, -0.25) is 9.59 Å². The Labute approximate surface area is 98.2 Å². The fourth-order valence-electron chi connectivity index (χ4n) is 1.51. The summed E-state index contributed by atoms with van der Waals surface area (Å²) in [6.45, 7) is 7.03. The Morgan fingerprint density at radius 3 is 2.06 bits per heavy atom. The van der Waals surface area contributed by atoms with Gasteiger partial charge in [0.05, 0.1) is 0 Å². The lowest BCUT2D eigenvalue weighted by molar-refractivity contribution is -0.125. The minimum Gasteiger partial charge on any atom is -0.354 e. The van der Waals surface area contributed by atoms with E-state index in [0.29, 0.717) is 19.5 Å². The summed E-state index contributed by atoms with van der Waals surface area (Å²) in [4.78, 5) is 22.7. The van der Waals surface area contributed by atoms with Crippen LogP contribution in [0.15, 0.2) is 0 Å². The Bertz CT molecular complexity index is 213. The summed E-state index contributed by atoms with van der Waals surface area (Å²) in [6.07, 6.45) is 3.14. The largest absolute Gasteiger partial charge is 0.354 e. The molecule has 0 spiro atoms. The van der Waals surface area contributed by atoms with Gasteiger partial charge in [-0.15, -0.1) is 0 Å². The normalized spacial score (nSPS) is 10.2. The number of hydrogen-bond acceptors (Lipinski definition) is 2. The lowest BCUT2D eigenvalue weighted by atomic mass is 10.0. The van der Waals surface area contributed by atoms with Crippen LogP contribution in [0.1, 0.15) is 46.5 Å². The number of rotatable bonds is 8. The first kappa shape index (κ1) is 14.9. The number of hydrogen-bond donors (Lipinski definition) is 2. The van der Waals surface area contributed by atoms with E-state index in [0.717, 1.165) is 19.3 Å². The van der Waals surface area contributed by atoms with Crippen LogP contribution in [0.4, 0.5) is 0 Å². The topological polar surface area (TPSA) is 58.2 Å². The van der Waals surface area contributed by atoms with E-state index >= 15 is 0 Å². The van der Waals surface area contributed by atoms with E-state index in [1.54, 1.807) is 0 Å². The highest BCUT2D eigenvalue weighted by Crippen LogP contribution is 2.06. The summed E-state index contributed by atoms with van der Waals surface area (Å²) < 4.78 is 0. The maximum Gasteiger partial charge on any atom is 0.223 e. The van der Waals surface area contributed by atoms with Crippen molar-refractivity contribution in [3.63, 3.8) is 0 Å². The fourth-order valence-corrected chi connectivity index (χ4v) is 1.51. The molecule has 0 radical (unpaired) electrons. The average Bonchev–Trinajstić information content (AvgIpc) is 2.26. The highest BCUT2D eigenvalue weighted by Gasteiger charge is 2.12. The molecule has 0 unspecified atom stereocenters. The second-order valence-corrected chi connectivity index (χ2v) is 3.90. The predicted octanol–water partition coefficient (Wildman–Crippen LogP) is 1.46. The Morgan fingerprint density at radius 1 is 1.00 bits per heavy atom. The van der Waals surface area contributed by atoms with E-state index in [-0.39, 0.29) is 17.7 Å². The third-order valence-corrected chi connectivity index (χ3v) is 2.58. The summed E-state index contributed by atoms with van der Waals surface area (Å²) in [6, 6.07) is 0. The van der Waals surface area contributed by atoms with E-state index in [9.17, 15) is 9.59 Å². The molecule has 94 valence electrons. The van der Waals surface area contributed by atoms with Crippen molar-refractivity contribution in [1.82, 2.24) is 10.6 Å². The Hall–Kier alpha value is -1.06. The second kappa shape index (κ2) is 9.19. The number of carbonyl (C=O) groups is 2. The molecule has 0 aromatic carbocycles. The molecule has 0 fully saturated rings. The SMILES string of the molecule is CCCC(=O)NCCNC(=O)C(CC)CC. The lowest BCUT2D eigenvalue weighted by Crippen LogP contribution is -2.37. The highest BCUT2D eigenvalue weighted by molar-refractivity contribution is 5.78. The van der Waals surface area contributed by atoms with Gasteiger partial charge in [0, 0.05) is 25.4 Å². The summed E-state index contributed by atoms with van der Waals surface area (Å²) in [5.41, 5.74) is 0. The first-order valence-corrected chi connectivity index (χ1v) is 6.20. The van der Waals surface area contributed by atoms with Crippen LogP contribution in [0.5, 0.6) is 0 Å². The van der Waals surface area contributed by atoms with Crippen molar-refractivity contribution in [2.45, 2.75) is 46.5 Å². The molecule has 16 heavy (non-hydrogen) atoms. The molecule has 4 nitrogen and oxygen atoms in total. The molecule has 2 N–H and O–H groups in total. The van der Waals surface area contributed by atoms with Gasteiger partial charge >= 0.3 is 0 Å². The zero-order valence-corrected chi connectivity index (χ0v) is 10.6. The van der Waals surface area contributed by atoms with Gasteiger partial charge < -0.3 is 10.6 Å². The van der Waals surface area contributed by atoms with Crippen molar-refractivity contribution in [3.8, 4) is 0 Å². The molecule has 0 atom stereocenters. The molecule has 0 saturated heterocycles. The fraction of sp³-hybridized carbons (Fsp3) is 0.833. The van der Waals surface area contributed by atoms with Crippen LogP contribution in [-0.2, 0) is 9.59 Å². The maximum atomic E-state index is 11.6. The van der Waals surface area contributed by atoms with Gasteiger partial charge in [0.2, 0.25) is 11.8 Å². The van der Waals surface area contributed by atoms with E-state index in [1.807, 2.05) is 20.8 Å². The van der Waals surface area contributed by atoms with Gasteiger partial charge in [0.25, 0.3) is 0 Å². The van der Waals surface area contributed by atoms with E-state index in [4.69, 9.17) is 0 Å². The van der Waals surface area contributed by atoms with Crippen LogP contribution >= 0.6 is 0 Å². The van der Waals surface area contributed by atoms with Crippen LogP contribution in [0.3, 0.4) is 0 Å².